The van der Waals surface area contributed by atoms with E-state index in [1.807, 2.05) is 43.3 Å². The molecular weight excluding hydrogens is 426 g/mol. The molecule has 174 valence electrons. The number of rotatable bonds is 9. The zero-order valence-electron chi connectivity index (χ0n) is 19.1. The standard InChI is InChI=1S/C24H33N3O4S/c1-19(2)21-6-8-22(9-7-21)31-18-24(28)25-12-13-26-14-16-27(17-15-26)32(29,30)23-10-4-20(3)5-11-23/h4-11,19H,12-18H2,1-3H3,(H,25,28). The summed E-state index contributed by atoms with van der Waals surface area (Å²) < 4.78 is 32.7. The first-order chi connectivity index (χ1) is 15.3. The van der Waals surface area contributed by atoms with Gasteiger partial charge in [0.2, 0.25) is 10.0 Å². The zero-order valence-corrected chi connectivity index (χ0v) is 19.9. The van der Waals surface area contributed by atoms with E-state index in [0.29, 0.717) is 55.8 Å². The molecule has 1 aliphatic heterocycles. The van der Waals surface area contributed by atoms with Gasteiger partial charge in [0.25, 0.3) is 5.91 Å². The summed E-state index contributed by atoms with van der Waals surface area (Å²) in [5.74, 6) is 0.964. The van der Waals surface area contributed by atoms with Gasteiger partial charge in [-0.3, -0.25) is 9.69 Å². The van der Waals surface area contributed by atoms with Gasteiger partial charge in [-0.1, -0.05) is 43.7 Å². The van der Waals surface area contributed by atoms with Crippen molar-refractivity contribution in [2.45, 2.75) is 31.6 Å². The van der Waals surface area contributed by atoms with Gasteiger partial charge >= 0.3 is 0 Å². The van der Waals surface area contributed by atoms with Gasteiger partial charge in [-0.05, 0) is 42.7 Å². The van der Waals surface area contributed by atoms with E-state index in [1.54, 1.807) is 12.1 Å². The highest BCUT2D eigenvalue weighted by atomic mass is 32.2. The van der Waals surface area contributed by atoms with Crippen molar-refractivity contribution in [2.24, 2.45) is 0 Å². The number of amides is 1. The number of sulfonamides is 1. The monoisotopic (exact) mass is 459 g/mol. The lowest BCUT2D eigenvalue weighted by Gasteiger charge is -2.34. The maximum atomic E-state index is 12.8. The SMILES string of the molecule is Cc1ccc(S(=O)(=O)N2CCN(CCNC(=O)COc3ccc(C(C)C)cc3)CC2)cc1. The number of piperazine rings is 1. The highest BCUT2D eigenvalue weighted by molar-refractivity contribution is 7.89. The fourth-order valence-electron chi connectivity index (χ4n) is 3.56. The van der Waals surface area contributed by atoms with Crippen LogP contribution in [0.25, 0.3) is 0 Å². The number of hydrogen-bond donors (Lipinski definition) is 1. The summed E-state index contributed by atoms with van der Waals surface area (Å²) in [7, 11) is -3.46. The van der Waals surface area contributed by atoms with Gasteiger partial charge in [-0.15, -0.1) is 0 Å². The smallest absolute Gasteiger partial charge is 0.257 e. The van der Waals surface area contributed by atoms with Crippen LogP contribution in [0.3, 0.4) is 0 Å². The minimum Gasteiger partial charge on any atom is -0.484 e. The number of carbonyl (C=O) groups is 1. The van der Waals surface area contributed by atoms with Crippen LogP contribution in [0.2, 0.25) is 0 Å². The summed E-state index contributed by atoms with van der Waals surface area (Å²) in [6.45, 7) is 9.51. The molecule has 1 heterocycles. The number of ether oxygens (including phenoxy) is 1. The molecule has 2 aromatic rings. The number of aryl methyl sites for hydroxylation is 1. The van der Waals surface area contributed by atoms with Crippen molar-refractivity contribution in [3.8, 4) is 5.75 Å². The van der Waals surface area contributed by atoms with Crippen LogP contribution in [-0.2, 0) is 14.8 Å². The van der Waals surface area contributed by atoms with Gasteiger partial charge in [0.15, 0.2) is 6.61 Å². The van der Waals surface area contributed by atoms with Gasteiger partial charge in [0, 0.05) is 39.3 Å². The third-order valence-electron chi connectivity index (χ3n) is 5.66. The van der Waals surface area contributed by atoms with E-state index < -0.39 is 10.0 Å². The summed E-state index contributed by atoms with van der Waals surface area (Å²) >= 11 is 0. The summed E-state index contributed by atoms with van der Waals surface area (Å²) in [4.78, 5) is 14.6. The average Bonchev–Trinajstić information content (AvgIpc) is 2.78. The molecule has 0 radical (unpaired) electrons. The first kappa shape index (κ1) is 24.2. The molecule has 1 N–H and O–H groups in total. The number of nitrogens with one attached hydrogen (secondary N) is 1. The minimum atomic E-state index is -3.46. The van der Waals surface area contributed by atoms with Gasteiger partial charge in [0.1, 0.15) is 5.75 Å². The van der Waals surface area contributed by atoms with E-state index in [4.69, 9.17) is 4.74 Å². The van der Waals surface area contributed by atoms with E-state index in [1.165, 1.54) is 9.87 Å². The van der Waals surface area contributed by atoms with Crippen molar-refractivity contribution in [3.63, 3.8) is 0 Å². The van der Waals surface area contributed by atoms with Crippen LogP contribution in [0.1, 0.15) is 30.9 Å². The van der Waals surface area contributed by atoms with E-state index >= 15 is 0 Å². The molecule has 0 aliphatic carbocycles. The topological polar surface area (TPSA) is 79.0 Å². The maximum Gasteiger partial charge on any atom is 0.257 e. The van der Waals surface area contributed by atoms with Crippen LogP contribution in [0.4, 0.5) is 0 Å². The molecule has 7 nitrogen and oxygen atoms in total. The lowest BCUT2D eigenvalue weighted by Crippen LogP contribution is -2.50. The van der Waals surface area contributed by atoms with Crippen LogP contribution in [0.15, 0.2) is 53.4 Å². The highest BCUT2D eigenvalue weighted by Crippen LogP contribution is 2.19. The third-order valence-corrected chi connectivity index (χ3v) is 7.57. The van der Waals surface area contributed by atoms with E-state index in [0.717, 1.165) is 5.56 Å². The van der Waals surface area contributed by atoms with Crippen molar-refractivity contribution in [1.82, 2.24) is 14.5 Å². The Morgan fingerprint density at radius 1 is 1.00 bits per heavy atom. The lowest BCUT2D eigenvalue weighted by atomic mass is 10.0. The second kappa shape index (κ2) is 10.9. The van der Waals surface area contributed by atoms with Crippen LogP contribution in [0.5, 0.6) is 5.75 Å². The molecular formula is C24H33N3O4S. The van der Waals surface area contributed by atoms with Crippen molar-refractivity contribution >= 4 is 15.9 Å². The van der Waals surface area contributed by atoms with Gasteiger partial charge in [0.05, 0.1) is 4.90 Å². The van der Waals surface area contributed by atoms with Gasteiger partial charge in [-0.25, -0.2) is 8.42 Å². The molecule has 0 spiro atoms. The van der Waals surface area contributed by atoms with E-state index in [-0.39, 0.29) is 12.5 Å². The Bertz CT molecular complexity index is 981. The number of nitrogens with zero attached hydrogens (tertiary/aromatic N) is 2. The molecule has 1 amide bonds. The first-order valence-corrected chi connectivity index (χ1v) is 12.5. The molecule has 0 bridgehead atoms. The predicted octanol–water partition coefficient (Wildman–Crippen LogP) is 2.62. The number of hydrogen-bond acceptors (Lipinski definition) is 5. The van der Waals surface area contributed by atoms with Crippen LogP contribution >= 0.6 is 0 Å². The fraction of sp³-hybridized carbons (Fsp3) is 0.458. The Balaban J connectivity index is 1.36. The summed E-state index contributed by atoms with van der Waals surface area (Å²) in [6.07, 6.45) is 0. The van der Waals surface area contributed by atoms with Crippen molar-refractivity contribution < 1.29 is 17.9 Å². The van der Waals surface area contributed by atoms with Crippen molar-refractivity contribution in [1.29, 1.82) is 0 Å². The average molecular weight is 460 g/mol. The summed E-state index contributed by atoms with van der Waals surface area (Å²) in [5, 5.41) is 2.86. The lowest BCUT2D eigenvalue weighted by molar-refractivity contribution is -0.123. The quantitative estimate of drug-likeness (QED) is 0.624. The molecule has 0 unspecified atom stereocenters. The predicted molar refractivity (Wildman–Crippen MR) is 125 cm³/mol. The second-order valence-electron chi connectivity index (χ2n) is 8.42. The Labute approximate surface area is 191 Å². The molecule has 32 heavy (non-hydrogen) atoms. The number of benzene rings is 2. The number of carbonyl (C=O) groups excluding carboxylic acids is 1. The Morgan fingerprint density at radius 2 is 1.62 bits per heavy atom. The molecule has 0 aromatic heterocycles. The normalized spacial score (nSPS) is 15.6. The molecule has 0 atom stereocenters. The molecule has 3 rings (SSSR count). The molecule has 0 saturated carbocycles. The molecule has 2 aromatic carbocycles. The Morgan fingerprint density at radius 3 is 2.22 bits per heavy atom. The van der Waals surface area contributed by atoms with E-state index in [2.05, 4.69) is 24.1 Å². The van der Waals surface area contributed by atoms with Crippen molar-refractivity contribution in [2.75, 3.05) is 45.9 Å². The van der Waals surface area contributed by atoms with Gasteiger partial charge in [-0.2, -0.15) is 4.31 Å². The summed E-state index contributed by atoms with van der Waals surface area (Å²) in [6, 6.07) is 14.7. The van der Waals surface area contributed by atoms with Crippen LogP contribution in [0, 0.1) is 6.92 Å². The molecule has 1 fully saturated rings. The third kappa shape index (κ3) is 6.54. The Hall–Kier alpha value is -2.42. The van der Waals surface area contributed by atoms with E-state index in [9.17, 15) is 13.2 Å². The largest absolute Gasteiger partial charge is 0.484 e. The van der Waals surface area contributed by atoms with Crippen LogP contribution in [-0.4, -0.2) is 69.4 Å². The van der Waals surface area contributed by atoms with Crippen LogP contribution < -0.4 is 10.1 Å². The fourth-order valence-corrected chi connectivity index (χ4v) is 4.98. The molecule has 8 heteroatoms. The molecule has 1 aliphatic rings. The highest BCUT2D eigenvalue weighted by Gasteiger charge is 2.28. The summed E-state index contributed by atoms with van der Waals surface area (Å²) in [5.41, 5.74) is 2.26. The molecule has 1 saturated heterocycles. The second-order valence-corrected chi connectivity index (χ2v) is 10.4. The zero-order chi connectivity index (χ0) is 23.1. The minimum absolute atomic E-state index is 0.0242. The Kier molecular flexibility index (Phi) is 8.28. The van der Waals surface area contributed by atoms with Crippen molar-refractivity contribution in [3.05, 3.63) is 59.7 Å². The first-order valence-electron chi connectivity index (χ1n) is 11.0. The maximum absolute atomic E-state index is 12.8. The van der Waals surface area contributed by atoms with Gasteiger partial charge < -0.3 is 10.1 Å².